The third-order valence-corrected chi connectivity index (χ3v) is 2.18. The molecule has 4 heteroatoms. The van der Waals surface area contributed by atoms with Gasteiger partial charge in [0.1, 0.15) is 12.4 Å². The number of hydrogen-bond donors (Lipinski definition) is 0. The molecule has 1 radical (unpaired) electrons. The van der Waals surface area contributed by atoms with E-state index in [-0.39, 0.29) is 18.7 Å². The van der Waals surface area contributed by atoms with Crippen molar-refractivity contribution in [2.75, 3.05) is 19.8 Å². The Morgan fingerprint density at radius 2 is 2.14 bits per heavy atom. The van der Waals surface area contributed by atoms with Crippen molar-refractivity contribution in [3.05, 3.63) is 35.6 Å². The van der Waals surface area contributed by atoms with E-state index >= 15 is 0 Å². The van der Waals surface area contributed by atoms with Crippen molar-refractivity contribution < 1.29 is 13.5 Å². The molecule has 0 aliphatic carbocycles. The van der Waals surface area contributed by atoms with Gasteiger partial charge in [-0.3, -0.25) is 0 Å². The highest BCUT2D eigenvalue weighted by molar-refractivity contribution is 5.24. The first-order valence-electron chi connectivity index (χ1n) is 4.43. The molecule has 1 atom stereocenters. The normalized spacial score (nSPS) is 27.6. The van der Waals surface area contributed by atoms with E-state index in [0.717, 1.165) is 0 Å². The van der Waals surface area contributed by atoms with Gasteiger partial charge in [0.15, 0.2) is 0 Å². The first kappa shape index (κ1) is 9.55. The summed E-state index contributed by atoms with van der Waals surface area (Å²) in [4.78, 5) is 0. The van der Waals surface area contributed by atoms with E-state index in [1.54, 1.807) is 6.07 Å². The van der Waals surface area contributed by atoms with Gasteiger partial charge in [0.2, 0.25) is 5.79 Å². The Balaban J connectivity index is 2.32. The maximum absolute atomic E-state index is 14.0. The van der Waals surface area contributed by atoms with E-state index in [1.165, 1.54) is 18.2 Å². The Bertz CT molecular complexity index is 324. The lowest BCUT2D eigenvalue weighted by molar-refractivity contribution is -0.0539. The highest BCUT2D eigenvalue weighted by Crippen LogP contribution is 2.28. The zero-order valence-electron chi connectivity index (χ0n) is 7.54. The zero-order chi connectivity index (χ0) is 10.0. The molecule has 1 unspecified atom stereocenters. The molecular formula is C10H10F2NO. The predicted molar refractivity (Wildman–Crippen MR) is 47.0 cm³/mol. The molecule has 0 amide bonds. The molecule has 0 spiro atoms. The summed E-state index contributed by atoms with van der Waals surface area (Å²) in [6.45, 7) is 0.471. The maximum Gasteiger partial charge on any atom is 0.228 e. The van der Waals surface area contributed by atoms with E-state index in [4.69, 9.17) is 4.74 Å². The largest absolute Gasteiger partial charge is 0.375 e. The van der Waals surface area contributed by atoms with Crippen molar-refractivity contribution in [1.29, 1.82) is 0 Å². The van der Waals surface area contributed by atoms with Gasteiger partial charge in [0.05, 0.1) is 6.61 Å². The van der Waals surface area contributed by atoms with Gasteiger partial charge in [-0.05, 0) is 6.07 Å². The van der Waals surface area contributed by atoms with E-state index in [2.05, 4.69) is 5.32 Å². The first-order chi connectivity index (χ1) is 6.72. The third kappa shape index (κ3) is 1.63. The lowest BCUT2D eigenvalue weighted by atomic mass is 10.0. The second kappa shape index (κ2) is 3.63. The van der Waals surface area contributed by atoms with E-state index in [1.807, 2.05) is 0 Å². The van der Waals surface area contributed by atoms with Crippen molar-refractivity contribution >= 4 is 0 Å². The number of rotatable bonds is 1. The van der Waals surface area contributed by atoms with Crippen LogP contribution in [0, 0.1) is 5.82 Å². The molecule has 0 N–H and O–H groups in total. The van der Waals surface area contributed by atoms with Gasteiger partial charge in [0, 0.05) is 12.1 Å². The van der Waals surface area contributed by atoms with Crippen LogP contribution in [-0.4, -0.2) is 19.8 Å². The SMILES string of the molecule is Fc1ccccc1C1(F)COCC[N]1. The number of morpholine rings is 1. The first-order valence-corrected chi connectivity index (χ1v) is 4.43. The molecule has 75 valence electrons. The fourth-order valence-corrected chi connectivity index (χ4v) is 1.48. The van der Waals surface area contributed by atoms with E-state index in [0.29, 0.717) is 6.61 Å². The molecule has 0 saturated carbocycles. The molecule has 2 rings (SSSR count). The van der Waals surface area contributed by atoms with Crippen LogP contribution in [0.25, 0.3) is 0 Å². The predicted octanol–water partition coefficient (Wildman–Crippen LogP) is 1.58. The van der Waals surface area contributed by atoms with Gasteiger partial charge in [-0.15, -0.1) is 0 Å². The van der Waals surface area contributed by atoms with Crippen LogP contribution in [-0.2, 0) is 10.5 Å². The van der Waals surface area contributed by atoms with Gasteiger partial charge < -0.3 is 4.74 Å². The van der Waals surface area contributed by atoms with Crippen molar-refractivity contribution in [3.8, 4) is 0 Å². The summed E-state index contributed by atoms with van der Waals surface area (Å²) < 4.78 is 32.3. The van der Waals surface area contributed by atoms with Crippen molar-refractivity contribution in [2.24, 2.45) is 0 Å². The fourth-order valence-electron chi connectivity index (χ4n) is 1.48. The summed E-state index contributed by atoms with van der Waals surface area (Å²) in [5.74, 6) is -2.59. The standard InChI is InChI=1S/C10H10F2NO/c11-9-4-2-1-3-8(9)10(12)7-14-6-5-13-10/h1-4H,5-7H2. The summed E-state index contributed by atoms with van der Waals surface area (Å²) >= 11 is 0. The number of hydrogen-bond acceptors (Lipinski definition) is 1. The minimum atomic E-state index is -2.01. The minimum Gasteiger partial charge on any atom is -0.375 e. The minimum absolute atomic E-state index is 0.0419. The van der Waals surface area contributed by atoms with Crippen molar-refractivity contribution in [1.82, 2.24) is 5.32 Å². The number of benzene rings is 1. The molecule has 1 aliphatic rings. The average molecular weight is 198 g/mol. The summed E-state index contributed by atoms with van der Waals surface area (Å²) in [6, 6.07) is 5.73. The van der Waals surface area contributed by atoms with E-state index in [9.17, 15) is 8.78 Å². The lowest BCUT2D eigenvalue weighted by Gasteiger charge is -2.29. The van der Waals surface area contributed by atoms with Crippen LogP contribution in [0.4, 0.5) is 8.78 Å². The van der Waals surface area contributed by atoms with Crippen LogP contribution in [0.15, 0.2) is 24.3 Å². The molecule has 1 saturated heterocycles. The van der Waals surface area contributed by atoms with Gasteiger partial charge in [-0.2, -0.15) is 5.32 Å². The molecule has 1 fully saturated rings. The van der Waals surface area contributed by atoms with Crippen LogP contribution in [0.3, 0.4) is 0 Å². The highest BCUT2D eigenvalue weighted by atomic mass is 19.2. The quantitative estimate of drug-likeness (QED) is 0.628. The molecule has 1 aliphatic heterocycles. The number of nitrogens with zero attached hydrogens (tertiary/aromatic N) is 1. The Morgan fingerprint density at radius 3 is 2.79 bits per heavy atom. The number of ether oxygens (including phenoxy) is 1. The second-order valence-electron chi connectivity index (χ2n) is 3.17. The van der Waals surface area contributed by atoms with Gasteiger partial charge in [-0.25, -0.2) is 8.78 Å². The topological polar surface area (TPSA) is 23.3 Å². The Kier molecular flexibility index (Phi) is 2.48. The molecule has 2 nitrogen and oxygen atoms in total. The molecule has 0 aromatic heterocycles. The fraction of sp³-hybridized carbons (Fsp3) is 0.400. The summed E-state index contributed by atoms with van der Waals surface area (Å²) in [5.41, 5.74) is -0.0419. The summed E-state index contributed by atoms with van der Waals surface area (Å²) in [6.07, 6.45) is 0. The number of halogens is 2. The number of alkyl halides is 1. The highest BCUT2D eigenvalue weighted by Gasteiger charge is 2.37. The van der Waals surface area contributed by atoms with E-state index < -0.39 is 11.6 Å². The second-order valence-corrected chi connectivity index (χ2v) is 3.17. The molecule has 14 heavy (non-hydrogen) atoms. The molecular weight excluding hydrogens is 188 g/mol. The third-order valence-electron chi connectivity index (χ3n) is 2.18. The maximum atomic E-state index is 14.0. The van der Waals surface area contributed by atoms with Crippen molar-refractivity contribution in [3.63, 3.8) is 0 Å². The van der Waals surface area contributed by atoms with Crippen LogP contribution in [0.5, 0.6) is 0 Å². The molecule has 0 bridgehead atoms. The van der Waals surface area contributed by atoms with Gasteiger partial charge >= 0.3 is 0 Å². The Labute approximate surface area is 80.9 Å². The van der Waals surface area contributed by atoms with Crippen LogP contribution >= 0.6 is 0 Å². The smallest absolute Gasteiger partial charge is 0.228 e. The van der Waals surface area contributed by atoms with Gasteiger partial charge in [-0.1, -0.05) is 18.2 Å². The Morgan fingerprint density at radius 1 is 1.36 bits per heavy atom. The van der Waals surface area contributed by atoms with Crippen molar-refractivity contribution in [2.45, 2.75) is 5.79 Å². The average Bonchev–Trinajstić information content (AvgIpc) is 2.19. The Hall–Kier alpha value is -1.00. The van der Waals surface area contributed by atoms with Gasteiger partial charge in [0.25, 0.3) is 0 Å². The summed E-state index contributed by atoms with van der Waals surface area (Å²) in [5, 5.41) is 3.76. The molecule has 1 aromatic carbocycles. The zero-order valence-corrected chi connectivity index (χ0v) is 7.54. The molecule has 1 aromatic rings. The van der Waals surface area contributed by atoms with Crippen LogP contribution in [0.2, 0.25) is 0 Å². The van der Waals surface area contributed by atoms with Crippen LogP contribution < -0.4 is 5.32 Å². The summed E-state index contributed by atoms with van der Waals surface area (Å²) in [7, 11) is 0. The van der Waals surface area contributed by atoms with Crippen LogP contribution in [0.1, 0.15) is 5.56 Å². The monoisotopic (exact) mass is 198 g/mol. The molecule has 1 heterocycles. The lowest BCUT2D eigenvalue weighted by Crippen LogP contribution is -2.44.